The minimum Gasteiger partial charge on any atom is -0.461 e. The number of hydrogen-bond donors (Lipinski definition) is 2. The highest BCUT2D eigenvalue weighted by molar-refractivity contribution is 9.09. The van der Waals surface area contributed by atoms with Gasteiger partial charge in [0.1, 0.15) is 6.10 Å². The molecule has 0 radical (unpaired) electrons. The Hall–Kier alpha value is -0.180. The van der Waals surface area contributed by atoms with E-state index < -0.39 is 0 Å². The number of halogens is 2. The van der Waals surface area contributed by atoms with Gasteiger partial charge in [-0.25, -0.2) is 0 Å². The topological polar surface area (TPSA) is 78.9 Å². The van der Waals surface area contributed by atoms with E-state index in [9.17, 15) is 14.7 Å². The summed E-state index contributed by atoms with van der Waals surface area (Å²) in [7, 11) is 7.27. The predicted molar refractivity (Wildman–Crippen MR) is 110 cm³/mol. The van der Waals surface area contributed by atoms with Crippen LogP contribution in [0.1, 0.15) is 38.5 Å². The zero-order valence-corrected chi connectivity index (χ0v) is 19.3. The van der Waals surface area contributed by atoms with Crippen molar-refractivity contribution in [1.29, 1.82) is 0 Å². The van der Waals surface area contributed by atoms with Crippen LogP contribution in [0.2, 0.25) is 0 Å². The number of ether oxygens (including phenoxy) is 1. The van der Waals surface area contributed by atoms with Crippen LogP contribution in [0.15, 0.2) is 0 Å². The lowest BCUT2D eigenvalue weighted by Gasteiger charge is -2.30. The van der Waals surface area contributed by atoms with E-state index in [-0.39, 0.29) is 40.7 Å². The molecule has 3 aliphatic rings. The van der Waals surface area contributed by atoms with Gasteiger partial charge in [0.2, 0.25) is 5.91 Å². The van der Waals surface area contributed by atoms with Crippen molar-refractivity contribution in [3.05, 3.63) is 0 Å². The first-order valence-electron chi connectivity index (χ1n) is 9.17. The van der Waals surface area contributed by atoms with E-state index in [4.69, 9.17) is 4.74 Å². The second kappa shape index (κ2) is 11.6. The van der Waals surface area contributed by atoms with Gasteiger partial charge in [-0.3, -0.25) is 9.59 Å². The summed E-state index contributed by atoms with van der Waals surface area (Å²) in [6, 6.07) is 0. The van der Waals surface area contributed by atoms with Crippen molar-refractivity contribution >= 4 is 43.7 Å². The molecule has 6 nitrogen and oxygen atoms in total. The number of fused-ring (bicyclic) bond motifs is 2. The molecule has 1 saturated heterocycles. The maximum Gasteiger partial charge on any atom is 0.309 e. The van der Waals surface area contributed by atoms with Crippen LogP contribution in [0.25, 0.3) is 0 Å². The summed E-state index contributed by atoms with van der Waals surface area (Å²) in [6.07, 6.45) is 5.18. The maximum absolute atomic E-state index is 11.5. The maximum atomic E-state index is 11.5. The standard InChI is InChI=1S/C9H16BrNO2.C7H9BrO2.C2H7N/c1-11(2)9(13)6-3-4-7(10)8(12)5-6;8-5-2-1-4-3-6(5)10-7(4)9;1-3-2/h6-8,12H,3-5H2,1-2H3;4-6H,1-3H2;3H,1-2H3/t6-,7-,8-;4-,5-,6-;/m00./s1. The molecule has 26 heavy (non-hydrogen) atoms. The molecule has 0 unspecified atom stereocenters. The van der Waals surface area contributed by atoms with E-state index in [0.717, 1.165) is 32.1 Å². The zero-order chi connectivity index (χ0) is 19.9. The fourth-order valence-electron chi connectivity index (χ4n) is 3.37. The van der Waals surface area contributed by atoms with E-state index >= 15 is 0 Å². The first-order valence-corrected chi connectivity index (χ1v) is 11.0. The number of nitrogens with one attached hydrogen (secondary N) is 1. The Morgan fingerprint density at radius 1 is 1.12 bits per heavy atom. The van der Waals surface area contributed by atoms with E-state index in [1.54, 1.807) is 19.0 Å². The summed E-state index contributed by atoms with van der Waals surface area (Å²) >= 11 is 6.88. The van der Waals surface area contributed by atoms with Crippen LogP contribution in [0.5, 0.6) is 0 Å². The van der Waals surface area contributed by atoms with Crippen molar-refractivity contribution < 1.29 is 19.4 Å². The van der Waals surface area contributed by atoms with Gasteiger partial charge in [0.05, 0.1) is 16.8 Å². The number of alkyl halides is 2. The average molecular weight is 500 g/mol. The lowest BCUT2D eigenvalue weighted by molar-refractivity contribution is -0.143. The molecule has 152 valence electrons. The van der Waals surface area contributed by atoms with E-state index in [1.165, 1.54) is 0 Å². The molecule has 1 amide bonds. The SMILES string of the molecule is CN(C)C(=O)[C@H]1CC[C@H](Br)[C@@H](O)C1.CNC.O=C1O[C@H]2C[C@@H]1CC[C@@H]2Br. The molecule has 2 bridgehead atoms. The Bertz CT molecular complexity index is 464. The summed E-state index contributed by atoms with van der Waals surface area (Å²) in [5.41, 5.74) is 0. The third kappa shape index (κ3) is 7.09. The second-order valence-electron chi connectivity index (χ2n) is 7.33. The molecule has 2 saturated carbocycles. The van der Waals surface area contributed by atoms with Gasteiger partial charge in [0.25, 0.3) is 0 Å². The van der Waals surface area contributed by atoms with Crippen molar-refractivity contribution in [2.45, 2.75) is 60.4 Å². The molecule has 0 aromatic heterocycles. The van der Waals surface area contributed by atoms with Gasteiger partial charge in [0, 0.05) is 24.8 Å². The highest BCUT2D eigenvalue weighted by Gasteiger charge is 2.42. The van der Waals surface area contributed by atoms with Crippen LogP contribution in [0, 0.1) is 11.8 Å². The van der Waals surface area contributed by atoms with Crippen LogP contribution in [0.4, 0.5) is 0 Å². The summed E-state index contributed by atoms with van der Waals surface area (Å²) in [5, 5.41) is 12.3. The largest absolute Gasteiger partial charge is 0.461 e. The van der Waals surface area contributed by atoms with Crippen LogP contribution in [0.3, 0.4) is 0 Å². The van der Waals surface area contributed by atoms with E-state index in [0.29, 0.717) is 11.2 Å². The first-order chi connectivity index (χ1) is 12.2. The Balaban J connectivity index is 0.000000231. The molecule has 3 fully saturated rings. The number of carbonyl (C=O) groups is 2. The molecule has 2 N–H and O–H groups in total. The molecule has 1 heterocycles. The second-order valence-corrected chi connectivity index (χ2v) is 9.68. The molecule has 0 aromatic rings. The quantitative estimate of drug-likeness (QED) is 0.427. The van der Waals surface area contributed by atoms with Crippen LogP contribution < -0.4 is 5.32 Å². The lowest BCUT2D eigenvalue weighted by Crippen LogP contribution is -2.38. The van der Waals surface area contributed by atoms with Gasteiger partial charge in [0.15, 0.2) is 0 Å². The van der Waals surface area contributed by atoms with Crippen molar-refractivity contribution in [2.75, 3.05) is 28.2 Å². The average Bonchev–Trinajstić information content (AvgIpc) is 2.90. The Morgan fingerprint density at radius 3 is 2.19 bits per heavy atom. The highest BCUT2D eigenvalue weighted by Crippen LogP contribution is 2.37. The Kier molecular flexibility index (Phi) is 10.7. The van der Waals surface area contributed by atoms with Crippen LogP contribution in [-0.4, -0.2) is 71.9 Å². The fraction of sp³-hybridized carbons (Fsp3) is 0.889. The van der Waals surface area contributed by atoms with Crippen molar-refractivity contribution in [3.8, 4) is 0 Å². The molecule has 2 aliphatic carbocycles. The minimum atomic E-state index is -0.373. The predicted octanol–water partition coefficient (Wildman–Crippen LogP) is 2.31. The number of amides is 1. The summed E-state index contributed by atoms with van der Waals surface area (Å²) in [5.74, 6) is 0.392. The van der Waals surface area contributed by atoms with Crippen LogP contribution >= 0.6 is 31.9 Å². The summed E-state index contributed by atoms with van der Waals surface area (Å²) in [6.45, 7) is 0. The minimum absolute atomic E-state index is 0.0128. The number of aliphatic hydroxyl groups is 1. The fourth-order valence-corrected chi connectivity index (χ4v) is 4.44. The number of esters is 1. The number of rotatable bonds is 1. The van der Waals surface area contributed by atoms with E-state index in [1.807, 2.05) is 14.1 Å². The number of hydrogen-bond acceptors (Lipinski definition) is 5. The third-order valence-corrected chi connectivity index (χ3v) is 6.95. The van der Waals surface area contributed by atoms with Gasteiger partial charge in [-0.1, -0.05) is 31.9 Å². The number of aliphatic hydroxyl groups excluding tert-OH is 1. The Morgan fingerprint density at radius 2 is 1.69 bits per heavy atom. The molecule has 0 spiro atoms. The van der Waals surface area contributed by atoms with Crippen molar-refractivity contribution in [2.24, 2.45) is 11.8 Å². The van der Waals surface area contributed by atoms with Gasteiger partial charge in [-0.15, -0.1) is 0 Å². The molecular weight excluding hydrogens is 468 g/mol. The monoisotopic (exact) mass is 498 g/mol. The third-order valence-electron chi connectivity index (χ3n) is 4.84. The van der Waals surface area contributed by atoms with Crippen molar-refractivity contribution in [1.82, 2.24) is 10.2 Å². The smallest absolute Gasteiger partial charge is 0.309 e. The normalized spacial score (nSPS) is 35.3. The molecule has 3 rings (SSSR count). The zero-order valence-electron chi connectivity index (χ0n) is 16.1. The van der Waals surface area contributed by atoms with E-state index in [2.05, 4.69) is 37.2 Å². The molecule has 8 heteroatoms. The van der Waals surface area contributed by atoms with Gasteiger partial charge in [-0.2, -0.15) is 0 Å². The summed E-state index contributed by atoms with van der Waals surface area (Å²) < 4.78 is 5.11. The van der Waals surface area contributed by atoms with Crippen LogP contribution in [-0.2, 0) is 14.3 Å². The summed E-state index contributed by atoms with van der Waals surface area (Å²) in [4.78, 5) is 24.7. The molecule has 0 aromatic carbocycles. The number of nitrogens with zero attached hydrogens (tertiary/aromatic N) is 1. The first kappa shape index (κ1) is 23.9. The van der Waals surface area contributed by atoms with Crippen molar-refractivity contribution in [3.63, 3.8) is 0 Å². The van der Waals surface area contributed by atoms with Gasteiger partial charge >= 0.3 is 5.97 Å². The molecule has 1 aliphatic heterocycles. The highest BCUT2D eigenvalue weighted by atomic mass is 79.9. The van der Waals surface area contributed by atoms with Gasteiger partial charge in [-0.05, 0) is 52.6 Å². The molecule has 6 atom stereocenters. The number of carbonyl (C=O) groups excluding carboxylic acids is 2. The lowest BCUT2D eigenvalue weighted by atomic mass is 9.86. The molecular formula is C18H32Br2N2O4. The Labute approximate surface area is 173 Å². The van der Waals surface area contributed by atoms with Gasteiger partial charge < -0.3 is 20.1 Å².